The van der Waals surface area contributed by atoms with Crippen molar-refractivity contribution in [3.63, 3.8) is 0 Å². The molecule has 0 radical (unpaired) electrons. The highest BCUT2D eigenvalue weighted by Crippen LogP contribution is 2.30. The van der Waals surface area contributed by atoms with Crippen molar-refractivity contribution in [2.45, 2.75) is 64.5 Å². The first-order valence-corrected chi connectivity index (χ1v) is 10.9. The smallest absolute Gasteiger partial charge is 0.220 e. The second-order valence-corrected chi connectivity index (χ2v) is 8.61. The molecule has 30 heavy (non-hydrogen) atoms. The summed E-state index contributed by atoms with van der Waals surface area (Å²) in [7, 11) is 0. The zero-order chi connectivity index (χ0) is 21.7. The number of nitrogens with zero attached hydrogens (tertiary/aromatic N) is 1. The van der Waals surface area contributed by atoms with E-state index in [0.717, 1.165) is 29.9 Å². The van der Waals surface area contributed by atoms with E-state index >= 15 is 0 Å². The van der Waals surface area contributed by atoms with Gasteiger partial charge in [0.15, 0.2) is 0 Å². The minimum Gasteiger partial charge on any atom is -0.393 e. The van der Waals surface area contributed by atoms with Gasteiger partial charge in [0, 0.05) is 30.8 Å². The van der Waals surface area contributed by atoms with Gasteiger partial charge in [0.25, 0.3) is 0 Å². The van der Waals surface area contributed by atoms with E-state index in [2.05, 4.69) is 48.3 Å². The summed E-state index contributed by atoms with van der Waals surface area (Å²) in [5.74, 6) is 0.142. The van der Waals surface area contributed by atoms with Gasteiger partial charge < -0.3 is 15.3 Å². The number of carbonyl (C=O) groups excluding carboxylic acids is 1. The number of benzene rings is 2. The lowest BCUT2D eigenvalue weighted by Crippen LogP contribution is -2.37. The summed E-state index contributed by atoms with van der Waals surface area (Å²) in [5, 5.41) is 12.8. The number of aliphatic hydroxyl groups excluding tert-OH is 1. The number of rotatable bonds is 7. The van der Waals surface area contributed by atoms with E-state index in [-0.39, 0.29) is 23.9 Å². The Balaban J connectivity index is 1.61. The van der Waals surface area contributed by atoms with Crippen molar-refractivity contribution >= 4 is 11.6 Å². The highest BCUT2D eigenvalue weighted by atomic mass is 19.1. The van der Waals surface area contributed by atoms with Crippen molar-refractivity contribution in [2.24, 2.45) is 0 Å². The third kappa shape index (κ3) is 5.82. The number of nitrogens with one attached hydrogen (secondary N) is 1. The summed E-state index contributed by atoms with van der Waals surface area (Å²) in [5.41, 5.74) is 4.14. The van der Waals surface area contributed by atoms with Crippen molar-refractivity contribution in [3.05, 3.63) is 65.0 Å². The van der Waals surface area contributed by atoms with Crippen LogP contribution >= 0.6 is 0 Å². The molecule has 0 aliphatic carbocycles. The molecule has 0 bridgehead atoms. The van der Waals surface area contributed by atoms with Gasteiger partial charge in [-0.15, -0.1) is 0 Å². The highest BCUT2D eigenvalue weighted by Gasteiger charge is 2.22. The third-order valence-corrected chi connectivity index (χ3v) is 5.93. The number of carbonyl (C=O) groups is 1. The quantitative estimate of drug-likeness (QED) is 0.692. The molecule has 3 rings (SSSR count). The average Bonchev–Trinajstić information content (AvgIpc) is 2.73. The Morgan fingerprint density at radius 3 is 2.43 bits per heavy atom. The van der Waals surface area contributed by atoms with E-state index in [4.69, 9.17) is 0 Å². The number of anilines is 1. The molecule has 2 N–H and O–H groups in total. The van der Waals surface area contributed by atoms with Gasteiger partial charge >= 0.3 is 0 Å². The summed E-state index contributed by atoms with van der Waals surface area (Å²) in [6.07, 6.45) is 2.21. The maximum Gasteiger partial charge on any atom is 0.220 e. The number of aliphatic hydroxyl groups is 1. The van der Waals surface area contributed by atoms with Crippen LogP contribution in [0, 0.1) is 5.82 Å². The lowest BCUT2D eigenvalue weighted by Gasteiger charge is -2.34. The van der Waals surface area contributed by atoms with Crippen LogP contribution in [0.1, 0.15) is 68.7 Å². The Hall–Kier alpha value is -2.40. The molecule has 1 unspecified atom stereocenters. The minimum absolute atomic E-state index is 0.0419. The number of hydrogen-bond acceptors (Lipinski definition) is 3. The zero-order valence-electron chi connectivity index (χ0n) is 18.2. The monoisotopic (exact) mass is 412 g/mol. The van der Waals surface area contributed by atoms with Gasteiger partial charge in [-0.25, -0.2) is 4.39 Å². The number of aryl methyl sites for hydroxylation is 1. The summed E-state index contributed by atoms with van der Waals surface area (Å²) in [6, 6.07) is 12.9. The fraction of sp³-hybridized carbons (Fsp3) is 0.480. The molecule has 0 aromatic heterocycles. The fourth-order valence-corrected chi connectivity index (χ4v) is 3.99. The molecule has 1 fully saturated rings. The molecule has 162 valence electrons. The van der Waals surface area contributed by atoms with Gasteiger partial charge in [-0.2, -0.15) is 0 Å². The normalized spacial score (nSPS) is 16.0. The molecule has 2 aromatic carbocycles. The molecule has 5 heteroatoms. The van der Waals surface area contributed by atoms with E-state index in [1.807, 2.05) is 6.92 Å². The lowest BCUT2D eigenvalue weighted by atomic mass is 10.00. The van der Waals surface area contributed by atoms with E-state index in [1.54, 1.807) is 6.07 Å². The summed E-state index contributed by atoms with van der Waals surface area (Å²) >= 11 is 0. The van der Waals surface area contributed by atoms with Crippen LogP contribution in [0.15, 0.2) is 42.5 Å². The van der Waals surface area contributed by atoms with Gasteiger partial charge in [0.1, 0.15) is 5.82 Å². The average molecular weight is 413 g/mol. The molecule has 0 saturated carbocycles. The van der Waals surface area contributed by atoms with Gasteiger partial charge in [-0.1, -0.05) is 38.1 Å². The summed E-state index contributed by atoms with van der Waals surface area (Å²) in [4.78, 5) is 14.7. The standard InChI is InChI=1S/C25H33FN2O2/c1-17(2)20-7-4-19(5-8-20)6-11-25(30)27-18(3)23-16-21(26)9-10-24(23)28-14-12-22(29)13-15-28/h4-5,7-10,16-18,22,29H,6,11-15H2,1-3H3,(H,27,30). The Morgan fingerprint density at radius 2 is 1.80 bits per heavy atom. The third-order valence-electron chi connectivity index (χ3n) is 5.93. The lowest BCUT2D eigenvalue weighted by molar-refractivity contribution is -0.121. The predicted octanol–water partition coefficient (Wildman–Crippen LogP) is 4.72. The SMILES string of the molecule is CC(C)c1ccc(CCC(=O)NC(C)c2cc(F)ccc2N2CCC(O)CC2)cc1. The predicted molar refractivity (Wildman–Crippen MR) is 119 cm³/mol. The van der Waals surface area contributed by atoms with Crippen LogP contribution in [0.3, 0.4) is 0 Å². The number of piperidine rings is 1. The molecular formula is C25H33FN2O2. The van der Waals surface area contributed by atoms with Crippen LogP contribution in [-0.4, -0.2) is 30.2 Å². The maximum atomic E-state index is 14.0. The van der Waals surface area contributed by atoms with E-state index in [1.165, 1.54) is 17.7 Å². The fourth-order valence-electron chi connectivity index (χ4n) is 3.99. The van der Waals surface area contributed by atoms with Crippen LogP contribution < -0.4 is 10.2 Å². The van der Waals surface area contributed by atoms with Gasteiger partial charge in [0.2, 0.25) is 5.91 Å². The van der Waals surface area contributed by atoms with E-state index in [9.17, 15) is 14.3 Å². The summed E-state index contributed by atoms with van der Waals surface area (Å²) in [6.45, 7) is 7.68. The van der Waals surface area contributed by atoms with Crippen LogP contribution in [0.25, 0.3) is 0 Å². The van der Waals surface area contributed by atoms with Crippen molar-refractivity contribution < 1.29 is 14.3 Å². The molecule has 1 saturated heterocycles. The number of amides is 1. The van der Waals surface area contributed by atoms with Crippen molar-refractivity contribution in [2.75, 3.05) is 18.0 Å². The first kappa shape index (κ1) is 22.3. The first-order chi connectivity index (χ1) is 14.3. The van der Waals surface area contributed by atoms with Crippen LogP contribution in [0.5, 0.6) is 0 Å². The van der Waals surface area contributed by atoms with Crippen LogP contribution in [0.4, 0.5) is 10.1 Å². The van der Waals surface area contributed by atoms with Crippen LogP contribution in [-0.2, 0) is 11.2 Å². The molecule has 0 spiro atoms. The molecule has 1 heterocycles. The van der Waals surface area contributed by atoms with Crippen molar-refractivity contribution in [1.29, 1.82) is 0 Å². The van der Waals surface area contributed by atoms with Gasteiger partial charge in [0.05, 0.1) is 12.1 Å². The second kappa shape index (κ2) is 10.1. The molecule has 4 nitrogen and oxygen atoms in total. The largest absolute Gasteiger partial charge is 0.393 e. The molecule has 1 aliphatic heterocycles. The molecular weight excluding hydrogens is 379 g/mol. The Labute approximate surface area is 179 Å². The minimum atomic E-state index is -0.308. The topological polar surface area (TPSA) is 52.6 Å². The molecule has 1 amide bonds. The molecule has 2 aromatic rings. The number of halogens is 1. The Bertz CT molecular complexity index is 843. The maximum absolute atomic E-state index is 14.0. The van der Waals surface area contributed by atoms with Gasteiger partial charge in [-0.3, -0.25) is 4.79 Å². The van der Waals surface area contributed by atoms with Gasteiger partial charge in [-0.05, 0) is 61.4 Å². The highest BCUT2D eigenvalue weighted by molar-refractivity contribution is 5.77. The Kier molecular flexibility index (Phi) is 7.48. The summed E-state index contributed by atoms with van der Waals surface area (Å²) < 4.78 is 14.0. The van der Waals surface area contributed by atoms with E-state index < -0.39 is 0 Å². The van der Waals surface area contributed by atoms with Crippen molar-refractivity contribution in [3.8, 4) is 0 Å². The number of hydrogen-bond donors (Lipinski definition) is 2. The van der Waals surface area contributed by atoms with Crippen molar-refractivity contribution in [1.82, 2.24) is 5.32 Å². The Morgan fingerprint density at radius 1 is 1.13 bits per heavy atom. The molecule has 1 aliphatic rings. The molecule has 1 atom stereocenters. The van der Waals surface area contributed by atoms with E-state index in [0.29, 0.717) is 31.6 Å². The second-order valence-electron chi connectivity index (χ2n) is 8.61. The first-order valence-electron chi connectivity index (χ1n) is 10.9. The zero-order valence-corrected chi connectivity index (χ0v) is 18.2. The van der Waals surface area contributed by atoms with Crippen LogP contribution in [0.2, 0.25) is 0 Å².